The minimum atomic E-state index is 0.674. The SMILES string of the molecule is CCCCNCC(C)N1CCN(CC)C(C)C1. The highest BCUT2D eigenvalue weighted by atomic mass is 15.3. The first-order valence-corrected chi connectivity index (χ1v) is 7.37. The van der Waals surface area contributed by atoms with E-state index in [1.165, 1.54) is 45.6 Å². The zero-order chi connectivity index (χ0) is 12.7. The zero-order valence-corrected chi connectivity index (χ0v) is 12.2. The van der Waals surface area contributed by atoms with Crippen LogP contribution in [0.25, 0.3) is 0 Å². The van der Waals surface area contributed by atoms with Crippen LogP contribution >= 0.6 is 0 Å². The third kappa shape index (κ3) is 4.94. The molecule has 0 aromatic carbocycles. The fourth-order valence-corrected chi connectivity index (χ4v) is 2.64. The van der Waals surface area contributed by atoms with E-state index < -0.39 is 0 Å². The van der Waals surface area contributed by atoms with Crippen LogP contribution in [0.3, 0.4) is 0 Å². The normalized spacial score (nSPS) is 25.1. The summed E-state index contributed by atoms with van der Waals surface area (Å²) >= 11 is 0. The van der Waals surface area contributed by atoms with E-state index in [2.05, 4.69) is 42.8 Å². The molecule has 1 rings (SSSR count). The largest absolute Gasteiger partial charge is 0.315 e. The number of likely N-dealkylation sites (N-methyl/N-ethyl adjacent to an activating group) is 1. The van der Waals surface area contributed by atoms with Gasteiger partial charge in [0.05, 0.1) is 0 Å². The van der Waals surface area contributed by atoms with Crippen molar-refractivity contribution < 1.29 is 0 Å². The lowest BCUT2D eigenvalue weighted by Gasteiger charge is -2.42. The fraction of sp³-hybridized carbons (Fsp3) is 1.00. The molecule has 1 saturated heterocycles. The first kappa shape index (κ1) is 14.9. The van der Waals surface area contributed by atoms with Gasteiger partial charge in [0.1, 0.15) is 0 Å². The van der Waals surface area contributed by atoms with Crippen molar-refractivity contribution in [3.05, 3.63) is 0 Å². The molecule has 3 heteroatoms. The van der Waals surface area contributed by atoms with Gasteiger partial charge in [-0.05, 0) is 33.4 Å². The summed E-state index contributed by atoms with van der Waals surface area (Å²) in [5.74, 6) is 0. The monoisotopic (exact) mass is 241 g/mol. The Morgan fingerprint density at radius 3 is 2.65 bits per heavy atom. The molecule has 0 spiro atoms. The highest BCUT2D eigenvalue weighted by molar-refractivity contribution is 4.82. The van der Waals surface area contributed by atoms with E-state index in [9.17, 15) is 0 Å². The Labute approximate surface area is 108 Å². The van der Waals surface area contributed by atoms with Crippen molar-refractivity contribution in [3.63, 3.8) is 0 Å². The highest BCUT2D eigenvalue weighted by Crippen LogP contribution is 2.11. The average Bonchev–Trinajstić information content (AvgIpc) is 2.34. The van der Waals surface area contributed by atoms with Gasteiger partial charge in [0.2, 0.25) is 0 Å². The Bertz CT molecular complexity index is 196. The minimum Gasteiger partial charge on any atom is -0.315 e. The predicted molar refractivity (Wildman–Crippen MR) is 75.5 cm³/mol. The third-order valence-corrected chi connectivity index (χ3v) is 3.97. The van der Waals surface area contributed by atoms with Crippen molar-refractivity contribution in [3.8, 4) is 0 Å². The summed E-state index contributed by atoms with van der Waals surface area (Å²) in [5, 5.41) is 3.57. The van der Waals surface area contributed by atoms with Crippen LogP contribution in [0.5, 0.6) is 0 Å². The number of hydrogen-bond donors (Lipinski definition) is 1. The minimum absolute atomic E-state index is 0.674. The maximum atomic E-state index is 3.57. The molecule has 0 aliphatic carbocycles. The Morgan fingerprint density at radius 2 is 2.06 bits per heavy atom. The quantitative estimate of drug-likeness (QED) is 0.686. The van der Waals surface area contributed by atoms with Crippen molar-refractivity contribution in [2.24, 2.45) is 0 Å². The van der Waals surface area contributed by atoms with Crippen molar-refractivity contribution in [1.29, 1.82) is 0 Å². The summed E-state index contributed by atoms with van der Waals surface area (Å²) in [4.78, 5) is 5.21. The number of nitrogens with zero attached hydrogens (tertiary/aromatic N) is 2. The summed E-state index contributed by atoms with van der Waals surface area (Å²) in [6, 6.07) is 1.39. The van der Waals surface area contributed by atoms with Gasteiger partial charge in [-0.2, -0.15) is 0 Å². The van der Waals surface area contributed by atoms with Gasteiger partial charge in [0.25, 0.3) is 0 Å². The number of unbranched alkanes of at least 4 members (excludes halogenated alkanes) is 1. The molecule has 1 aliphatic heterocycles. The molecular weight excluding hydrogens is 210 g/mol. The summed E-state index contributed by atoms with van der Waals surface area (Å²) in [7, 11) is 0. The van der Waals surface area contributed by atoms with Crippen LogP contribution < -0.4 is 5.32 Å². The molecule has 0 saturated carbocycles. The molecule has 1 fully saturated rings. The molecule has 0 aromatic heterocycles. The summed E-state index contributed by atoms with van der Waals surface area (Å²) in [6.45, 7) is 16.4. The molecule has 0 aromatic rings. The Kier molecular flexibility index (Phi) is 7.09. The second-order valence-electron chi connectivity index (χ2n) is 5.38. The Balaban J connectivity index is 2.21. The standard InChI is InChI=1S/C14H31N3/c1-5-7-8-15-11-13(3)17-10-9-16(6-2)14(4)12-17/h13-15H,5-12H2,1-4H3. The average molecular weight is 241 g/mol. The first-order valence-electron chi connectivity index (χ1n) is 7.37. The third-order valence-electron chi connectivity index (χ3n) is 3.97. The van der Waals surface area contributed by atoms with E-state index in [-0.39, 0.29) is 0 Å². The topological polar surface area (TPSA) is 18.5 Å². The summed E-state index contributed by atoms with van der Waals surface area (Å²) in [6.07, 6.45) is 2.58. The van der Waals surface area contributed by atoms with Gasteiger partial charge < -0.3 is 5.32 Å². The van der Waals surface area contributed by atoms with E-state index in [4.69, 9.17) is 0 Å². The van der Waals surface area contributed by atoms with Crippen LogP contribution in [0.1, 0.15) is 40.5 Å². The predicted octanol–water partition coefficient (Wildman–Crippen LogP) is 1.79. The smallest absolute Gasteiger partial charge is 0.0195 e. The molecule has 2 unspecified atom stereocenters. The van der Waals surface area contributed by atoms with E-state index in [0.29, 0.717) is 12.1 Å². The van der Waals surface area contributed by atoms with Gasteiger partial charge >= 0.3 is 0 Å². The lowest BCUT2D eigenvalue weighted by atomic mass is 10.1. The Morgan fingerprint density at radius 1 is 1.29 bits per heavy atom. The number of hydrogen-bond acceptors (Lipinski definition) is 3. The second-order valence-corrected chi connectivity index (χ2v) is 5.38. The van der Waals surface area contributed by atoms with Gasteiger partial charge in [-0.25, -0.2) is 0 Å². The second kappa shape index (κ2) is 8.06. The van der Waals surface area contributed by atoms with E-state index in [1.807, 2.05) is 0 Å². The number of piperazine rings is 1. The van der Waals surface area contributed by atoms with Gasteiger partial charge in [-0.3, -0.25) is 9.80 Å². The molecule has 0 amide bonds. The number of nitrogens with one attached hydrogen (secondary N) is 1. The molecule has 0 bridgehead atoms. The molecule has 0 radical (unpaired) electrons. The maximum absolute atomic E-state index is 3.57. The van der Waals surface area contributed by atoms with Crippen molar-refractivity contribution >= 4 is 0 Å². The van der Waals surface area contributed by atoms with Crippen LogP contribution in [-0.2, 0) is 0 Å². The molecule has 1 aliphatic rings. The van der Waals surface area contributed by atoms with E-state index >= 15 is 0 Å². The van der Waals surface area contributed by atoms with Gasteiger partial charge in [-0.15, -0.1) is 0 Å². The van der Waals surface area contributed by atoms with Gasteiger partial charge in [-0.1, -0.05) is 20.3 Å². The molecular formula is C14H31N3. The van der Waals surface area contributed by atoms with Crippen LogP contribution in [0.4, 0.5) is 0 Å². The van der Waals surface area contributed by atoms with E-state index in [1.54, 1.807) is 0 Å². The molecule has 1 heterocycles. The van der Waals surface area contributed by atoms with Crippen molar-refractivity contribution in [2.75, 3.05) is 39.3 Å². The first-order chi connectivity index (χ1) is 8.19. The van der Waals surface area contributed by atoms with Crippen molar-refractivity contribution in [1.82, 2.24) is 15.1 Å². The summed E-state index contributed by atoms with van der Waals surface area (Å²) < 4.78 is 0. The molecule has 1 N–H and O–H groups in total. The lowest BCUT2D eigenvalue weighted by molar-refractivity contribution is 0.0637. The van der Waals surface area contributed by atoms with Gasteiger partial charge in [0.15, 0.2) is 0 Å². The lowest BCUT2D eigenvalue weighted by Crippen LogP contribution is -2.55. The molecule has 3 nitrogen and oxygen atoms in total. The molecule has 2 atom stereocenters. The van der Waals surface area contributed by atoms with Gasteiger partial charge in [0, 0.05) is 38.3 Å². The van der Waals surface area contributed by atoms with Crippen LogP contribution in [0, 0.1) is 0 Å². The number of rotatable bonds is 7. The van der Waals surface area contributed by atoms with Crippen LogP contribution in [0.2, 0.25) is 0 Å². The van der Waals surface area contributed by atoms with E-state index in [0.717, 1.165) is 6.54 Å². The molecule has 17 heavy (non-hydrogen) atoms. The summed E-state index contributed by atoms with van der Waals surface area (Å²) in [5.41, 5.74) is 0. The van der Waals surface area contributed by atoms with Crippen molar-refractivity contribution in [2.45, 2.75) is 52.6 Å². The van der Waals surface area contributed by atoms with Crippen LogP contribution in [0.15, 0.2) is 0 Å². The molecule has 102 valence electrons. The zero-order valence-electron chi connectivity index (χ0n) is 12.2. The fourth-order valence-electron chi connectivity index (χ4n) is 2.64. The highest BCUT2D eigenvalue weighted by Gasteiger charge is 2.24. The van der Waals surface area contributed by atoms with Crippen LogP contribution in [-0.4, -0.2) is 61.2 Å². The Hall–Kier alpha value is -0.120. The maximum Gasteiger partial charge on any atom is 0.0195 e.